The van der Waals surface area contributed by atoms with Gasteiger partial charge < -0.3 is 15.6 Å². The van der Waals surface area contributed by atoms with Crippen molar-refractivity contribution in [1.82, 2.24) is 4.90 Å². The van der Waals surface area contributed by atoms with Gasteiger partial charge in [0.1, 0.15) is 11.1 Å². The SMILES string of the molecule is CCOC(=O)C1=C(N)N2C(=O)C(CC(=O)O)SC2=C(C#N)C1c1ccc(C)cc1. The first-order chi connectivity index (χ1) is 13.8. The lowest BCUT2D eigenvalue weighted by Gasteiger charge is -2.31. The maximum absolute atomic E-state index is 12.8. The second-order valence-corrected chi connectivity index (χ2v) is 7.76. The molecule has 9 heteroatoms. The lowest BCUT2D eigenvalue weighted by Crippen LogP contribution is -2.39. The topological polar surface area (TPSA) is 134 Å². The Kier molecular flexibility index (Phi) is 5.66. The van der Waals surface area contributed by atoms with Crippen molar-refractivity contribution in [2.24, 2.45) is 5.73 Å². The zero-order valence-electron chi connectivity index (χ0n) is 15.8. The highest BCUT2D eigenvalue weighted by Crippen LogP contribution is 2.49. The zero-order valence-corrected chi connectivity index (χ0v) is 16.7. The number of thioether (sulfide) groups is 1. The number of nitriles is 1. The number of carboxylic acid groups (broad SMARTS) is 1. The number of carbonyl (C=O) groups excluding carboxylic acids is 2. The van der Waals surface area contributed by atoms with Crippen molar-refractivity contribution in [2.45, 2.75) is 31.4 Å². The minimum Gasteiger partial charge on any atom is -0.481 e. The molecule has 8 nitrogen and oxygen atoms in total. The standard InChI is InChI=1S/C20H19N3O5S/c1-3-28-20(27)16-15(11-6-4-10(2)5-7-11)12(9-21)19-23(17(16)22)18(26)13(29-19)8-14(24)25/h4-7,13,15H,3,8,22H2,1-2H3,(H,24,25). The van der Waals surface area contributed by atoms with Crippen LogP contribution in [0.25, 0.3) is 0 Å². The van der Waals surface area contributed by atoms with Crippen molar-refractivity contribution >= 4 is 29.6 Å². The van der Waals surface area contributed by atoms with Gasteiger partial charge in [0.15, 0.2) is 0 Å². The highest BCUT2D eigenvalue weighted by atomic mass is 32.2. The Morgan fingerprint density at radius 3 is 2.55 bits per heavy atom. The summed E-state index contributed by atoms with van der Waals surface area (Å²) in [5.41, 5.74) is 8.05. The molecule has 2 aliphatic heterocycles. The normalized spacial score (nSPS) is 21.1. The fourth-order valence-electron chi connectivity index (χ4n) is 3.35. The zero-order chi connectivity index (χ0) is 21.3. The molecule has 150 valence electrons. The average molecular weight is 413 g/mol. The number of allylic oxidation sites excluding steroid dienone is 1. The maximum Gasteiger partial charge on any atom is 0.338 e. The van der Waals surface area contributed by atoms with Gasteiger partial charge in [-0.2, -0.15) is 5.26 Å². The van der Waals surface area contributed by atoms with Gasteiger partial charge >= 0.3 is 11.9 Å². The summed E-state index contributed by atoms with van der Waals surface area (Å²) in [5.74, 6) is -3.37. The first-order valence-electron chi connectivity index (χ1n) is 8.90. The lowest BCUT2D eigenvalue weighted by atomic mass is 9.82. The molecule has 1 saturated heterocycles. The summed E-state index contributed by atoms with van der Waals surface area (Å²) in [6.07, 6.45) is -0.417. The number of aliphatic carboxylic acids is 1. The van der Waals surface area contributed by atoms with Crippen molar-refractivity contribution in [3.05, 3.63) is 57.4 Å². The number of ether oxygens (including phenoxy) is 1. The van der Waals surface area contributed by atoms with Crippen molar-refractivity contribution in [2.75, 3.05) is 6.61 Å². The number of benzene rings is 1. The van der Waals surface area contributed by atoms with E-state index in [1.54, 1.807) is 19.1 Å². The van der Waals surface area contributed by atoms with Gasteiger partial charge in [-0.25, -0.2) is 4.79 Å². The van der Waals surface area contributed by atoms with Crippen molar-refractivity contribution in [1.29, 1.82) is 5.26 Å². The van der Waals surface area contributed by atoms with E-state index < -0.39 is 35.4 Å². The van der Waals surface area contributed by atoms with E-state index in [-0.39, 0.29) is 28.6 Å². The number of carbonyl (C=O) groups is 3. The van der Waals surface area contributed by atoms with Crippen LogP contribution in [0.1, 0.15) is 30.4 Å². The molecular weight excluding hydrogens is 394 g/mol. The predicted molar refractivity (Wildman–Crippen MR) is 105 cm³/mol. The van der Waals surface area contributed by atoms with Crippen LogP contribution in [-0.2, 0) is 19.1 Å². The Labute approximate surface area is 171 Å². The van der Waals surface area contributed by atoms with E-state index >= 15 is 0 Å². The van der Waals surface area contributed by atoms with Gasteiger partial charge in [0.25, 0.3) is 0 Å². The molecule has 2 heterocycles. The molecule has 0 bridgehead atoms. The van der Waals surface area contributed by atoms with E-state index in [1.807, 2.05) is 19.1 Å². The molecule has 2 unspecified atom stereocenters. The Morgan fingerprint density at radius 2 is 2.00 bits per heavy atom. The molecule has 3 N–H and O–H groups in total. The minimum atomic E-state index is -1.14. The third kappa shape index (κ3) is 3.59. The van der Waals surface area contributed by atoms with Crippen LogP contribution in [0.4, 0.5) is 0 Å². The summed E-state index contributed by atoms with van der Waals surface area (Å²) in [7, 11) is 0. The highest BCUT2D eigenvalue weighted by Gasteiger charge is 2.48. The van der Waals surface area contributed by atoms with E-state index in [0.29, 0.717) is 5.56 Å². The molecule has 0 spiro atoms. The molecule has 0 aliphatic carbocycles. The third-order valence-electron chi connectivity index (χ3n) is 4.66. The fraction of sp³-hybridized carbons (Fsp3) is 0.300. The number of aryl methyl sites for hydroxylation is 1. The van der Waals surface area contributed by atoms with Crippen LogP contribution < -0.4 is 5.73 Å². The summed E-state index contributed by atoms with van der Waals surface area (Å²) in [4.78, 5) is 37.7. The van der Waals surface area contributed by atoms with Crippen LogP contribution >= 0.6 is 11.8 Å². The van der Waals surface area contributed by atoms with Crippen molar-refractivity contribution in [3.8, 4) is 6.07 Å². The van der Waals surface area contributed by atoms with E-state index in [2.05, 4.69) is 6.07 Å². The number of esters is 1. The maximum atomic E-state index is 12.8. The minimum absolute atomic E-state index is 0.000859. The Bertz CT molecular complexity index is 990. The van der Waals surface area contributed by atoms with E-state index in [9.17, 15) is 19.6 Å². The molecule has 0 aromatic heterocycles. The largest absolute Gasteiger partial charge is 0.481 e. The molecule has 1 fully saturated rings. The lowest BCUT2D eigenvalue weighted by molar-refractivity contribution is -0.140. The van der Waals surface area contributed by atoms with E-state index in [0.717, 1.165) is 22.2 Å². The first kappa shape index (κ1) is 20.5. The van der Waals surface area contributed by atoms with E-state index in [1.165, 1.54) is 0 Å². The summed E-state index contributed by atoms with van der Waals surface area (Å²) in [6.45, 7) is 3.65. The van der Waals surface area contributed by atoms with Crippen molar-refractivity contribution < 1.29 is 24.2 Å². The summed E-state index contributed by atoms with van der Waals surface area (Å²) >= 11 is 0.983. The van der Waals surface area contributed by atoms with Gasteiger partial charge in [-0.1, -0.05) is 41.6 Å². The summed E-state index contributed by atoms with van der Waals surface area (Å²) in [6, 6.07) is 9.37. The number of nitrogens with two attached hydrogens (primary N) is 1. The van der Waals surface area contributed by atoms with Crippen LogP contribution in [0.15, 0.2) is 46.3 Å². The molecule has 1 amide bonds. The van der Waals surface area contributed by atoms with Gasteiger partial charge in [0, 0.05) is 0 Å². The van der Waals surface area contributed by atoms with E-state index in [4.69, 9.17) is 15.6 Å². The number of rotatable bonds is 5. The number of amides is 1. The predicted octanol–water partition coefficient (Wildman–Crippen LogP) is 1.98. The van der Waals surface area contributed by atoms with Gasteiger partial charge in [-0.05, 0) is 19.4 Å². The Morgan fingerprint density at radius 1 is 1.34 bits per heavy atom. The van der Waals surface area contributed by atoms with Crippen LogP contribution in [0.5, 0.6) is 0 Å². The quantitative estimate of drug-likeness (QED) is 0.700. The number of hydrogen-bond donors (Lipinski definition) is 2. The molecular formula is C20H19N3O5S. The number of nitrogens with zero attached hydrogens (tertiary/aromatic N) is 2. The highest BCUT2D eigenvalue weighted by molar-refractivity contribution is 8.04. The number of carboxylic acids is 1. The first-order valence-corrected chi connectivity index (χ1v) is 9.78. The van der Waals surface area contributed by atoms with Gasteiger partial charge in [0.05, 0.1) is 41.2 Å². The summed E-state index contributed by atoms with van der Waals surface area (Å²) < 4.78 is 5.15. The molecule has 2 aliphatic rings. The van der Waals surface area contributed by atoms with Crippen LogP contribution in [0.3, 0.4) is 0 Å². The molecule has 29 heavy (non-hydrogen) atoms. The number of fused-ring (bicyclic) bond motifs is 1. The Hall–Kier alpha value is -3.25. The van der Waals surface area contributed by atoms with Gasteiger partial charge in [-0.3, -0.25) is 14.5 Å². The smallest absolute Gasteiger partial charge is 0.338 e. The van der Waals surface area contributed by atoms with Crippen molar-refractivity contribution in [3.63, 3.8) is 0 Å². The molecule has 2 atom stereocenters. The molecule has 3 rings (SSSR count). The average Bonchev–Trinajstić information content (AvgIpc) is 2.98. The van der Waals surface area contributed by atoms with Crippen LogP contribution in [0, 0.1) is 18.3 Å². The monoisotopic (exact) mass is 413 g/mol. The number of hydrogen-bond acceptors (Lipinski definition) is 7. The second-order valence-electron chi connectivity index (χ2n) is 6.57. The molecule has 1 aromatic rings. The Balaban J connectivity index is 2.21. The molecule has 1 aromatic carbocycles. The molecule has 0 saturated carbocycles. The van der Waals surface area contributed by atoms with Crippen LogP contribution in [-0.4, -0.2) is 39.7 Å². The fourth-order valence-corrected chi connectivity index (χ4v) is 4.64. The van der Waals surface area contributed by atoms with Gasteiger partial charge in [-0.15, -0.1) is 0 Å². The molecule has 0 radical (unpaired) electrons. The third-order valence-corrected chi connectivity index (χ3v) is 5.94. The summed E-state index contributed by atoms with van der Waals surface area (Å²) in [5, 5.41) is 18.3. The van der Waals surface area contributed by atoms with Gasteiger partial charge in [0.2, 0.25) is 5.91 Å². The second kappa shape index (κ2) is 8.01. The van der Waals surface area contributed by atoms with Crippen LogP contribution in [0.2, 0.25) is 0 Å².